The molecule has 0 saturated heterocycles. The van der Waals surface area contributed by atoms with E-state index in [0.717, 1.165) is 17.0 Å². The smallest absolute Gasteiger partial charge is 0.223 e. The standard InChI is InChI=1S/C15H20N4O2/c1-20-10-12(16)9-18-15-17-7-6-14(19-15)11-4-3-5-13(8-11)21-2/h3-8,12H,9-10,16H2,1-2H3,(H,17,18,19). The second kappa shape index (κ2) is 7.56. The zero-order valence-corrected chi connectivity index (χ0v) is 12.2. The quantitative estimate of drug-likeness (QED) is 0.804. The minimum Gasteiger partial charge on any atom is -0.497 e. The molecule has 6 heteroatoms. The molecule has 2 aromatic rings. The lowest BCUT2D eigenvalue weighted by Gasteiger charge is -2.12. The molecule has 0 aliphatic carbocycles. The van der Waals surface area contributed by atoms with E-state index in [9.17, 15) is 0 Å². The third-order valence-corrected chi connectivity index (χ3v) is 2.92. The van der Waals surface area contributed by atoms with Crippen molar-refractivity contribution in [3.8, 4) is 17.0 Å². The van der Waals surface area contributed by atoms with Crippen molar-refractivity contribution >= 4 is 5.95 Å². The Balaban J connectivity index is 2.10. The number of nitrogens with one attached hydrogen (secondary N) is 1. The maximum atomic E-state index is 5.86. The highest BCUT2D eigenvalue weighted by molar-refractivity contribution is 5.61. The highest BCUT2D eigenvalue weighted by Gasteiger charge is 2.05. The first-order valence-corrected chi connectivity index (χ1v) is 6.69. The van der Waals surface area contributed by atoms with Gasteiger partial charge < -0.3 is 20.5 Å². The molecular formula is C15H20N4O2. The molecule has 112 valence electrons. The van der Waals surface area contributed by atoms with Gasteiger partial charge in [-0.25, -0.2) is 9.97 Å². The molecule has 0 fully saturated rings. The maximum Gasteiger partial charge on any atom is 0.223 e. The minimum atomic E-state index is -0.0981. The van der Waals surface area contributed by atoms with Gasteiger partial charge in [-0.3, -0.25) is 0 Å². The van der Waals surface area contributed by atoms with Gasteiger partial charge in [-0.2, -0.15) is 0 Å². The average molecular weight is 288 g/mol. The van der Waals surface area contributed by atoms with Crippen LogP contribution in [0.25, 0.3) is 11.3 Å². The van der Waals surface area contributed by atoms with Crippen LogP contribution in [0.5, 0.6) is 5.75 Å². The lowest BCUT2D eigenvalue weighted by atomic mass is 10.1. The number of methoxy groups -OCH3 is 2. The van der Waals surface area contributed by atoms with Crippen LogP contribution < -0.4 is 15.8 Å². The van der Waals surface area contributed by atoms with Gasteiger partial charge in [0.25, 0.3) is 0 Å². The Labute approximate surface area is 124 Å². The summed E-state index contributed by atoms with van der Waals surface area (Å²) in [6, 6.07) is 9.49. The number of aromatic nitrogens is 2. The minimum absolute atomic E-state index is 0.0981. The van der Waals surface area contributed by atoms with Gasteiger partial charge in [-0.15, -0.1) is 0 Å². The first-order valence-electron chi connectivity index (χ1n) is 6.69. The molecule has 1 atom stereocenters. The average Bonchev–Trinajstić information content (AvgIpc) is 2.53. The molecule has 0 spiro atoms. The van der Waals surface area contributed by atoms with Crippen molar-refractivity contribution < 1.29 is 9.47 Å². The Bertz CT molecular complexity index is 577. The van der Waals surface area contributed by atoms with Gasteiger partial charge in [0.2, 0.25) is 5.95 Å². The fourth-order valence-electron chi connectivity index (χ4n) is 1.88. The third-order valence-electron chi connectivity index (χ3n) is 2.92. The van der Waals surface area contributed by atoms with E-state index in [4.69, 9.17) is 15.2 Å². The van der Waals surface area contributed by atoms with Crippen LogP contribution in [0.4, 0.5) is 5.95 Å². The van der Waals surface area contributed by atoms with Crippen molar-refractivity contribution in [3.05, 3.63) is 36.5 Å². The van der Waals surface area contributed by atoms with Crippen LogP contribution in [0, 0.1) is 0 Å². The van der Waals surface area contributed by atoms with Crippen LogP contribution in [-0.4, -0.2) is 43.4 Å². The Morgan fingerprint density at radius 1 is 1.29 bits per heavy atom. The first-order chi connectivity index (χ1) is 10.2. The van der Waals surface area contributed by atoms with Gasteiger partial charge in [0.1, 0.15) is 5.75 Å². The van der Waals surface area contributed by atoms with E-state index in [2.05, 4.69) is 15.3 Å². The number of hydrogen-bond donors (Lipinski definition) is 2. The molecule has 6 nitrogen and oxygen atoms in total. The zero-order valence-electron chi connectivity index (χ0n) is 12.2. The maximum absolute atomic E-state index is 5.86. The number of anilines is 1. The highest BCUT2D eigenvalue weighted by atomic mass is 16.5. The van der Waals surface area contributed by atoms with E-state index in [1.165, 1.54) is 0 Å². The lowest BCUT2D eigenvalue weighted by Crippen LogP contribution is -2.33. The van der Waals surface area contributed by atoms with E-state index >= 15 is 0 Å². The largest absolute Gasteiger partial charge is 0.497 e. The van der Waals surface area contributed by atoms with E-state index in [1.807, 2.05) is 30.3 Å². The molecule has 0 bridgehead atoms. The van der Waals surface area contributed by atoms with E-state index < -0.39 is 0 Å². The van der Waals surface area contributed by atoms with E-state index in [1.54, 1.807) is 20.4 Å². The van der Waals surface area contributed by atoms with Crippen molar-refractivity contribution in [2.24, 2.45) is 5.73 Å². The Kier molecular flexibility index (Phi) is 5.48. The van der Waals surface area contributed by atoms with Gasteiger partial charge in [0.15, 0.2) is 0 Å². The molecule has 1 unspecified atom stereocenters. The molecule has 0 amide bonds. The Morgan fingerprint density at radius 2 is 2.14 bits per heavy atom. The van der Waals surface area contributed by atoms with Gasteiger partial charge in [0, 0.05) is 31.5 Å². The molecular weight excluding hydrogens is 268 g/mol. The highest BCUT2D eigenvalue weighted by Crippen LogP contribution is 2.22. The molecule has 2 rings (SSSR count). The number of hydrogen-bond acceptors (Lipinski definition) is 6. The van der Waals surface area contributed by atoms with E-state index in [0.29, 0.717) is 19.1 Å². The Morgan fingerprint density at radius 3 is 2.90 bits per heavy atom. The number of rotatable bonds is 7. The van der Waals surface area contributed by atoms with E-state index in [-0.39, 0.29) is 6.04 Å². The summed E-state index contributed by atoms with van der Waals surface area (Å²) in [4.78, 5) is 8.67. The SMILES string of the molecule is COCC(N)CNc1nccc(-c2cccc(OC)c2)n1. The summed E-state index contributed by atoms with van der Waals surface area (Å²) in [7, 11) is 3.27. The molecule has 0 aliphatic heterocycles. The fraction of sp³-hybridized carbons (Fsp3) is 0.333. The van der Waals surface area contributed by atoms with Crippen molar-refractivity contribution in [1.29, 1.82) is 0 Å². The molecule has 21 heavy (non-hydrogen) atoms. The van der Waals surface area contributed by atoms with Crippen molar-refractivity contribution in [1.82, 2.24) is 9.97 Å². The second-order valence-electron chi connectivity index (χ2n) is 4.59. The lowest BCUT2D eigenvalue weighted by molar-refractivity contribution is 0.183. The van der Waals surface area contributed by atoms with Crippen LogP contribution in [-0.2, 0) is 4.74 Å². The van der Waals surface area contributed by atoms with Crippen molar-refractivity contribution in [2.75, 3.05) is 32.7 Å². The topological polar surface area (TPSA) is 82.3 Å². The van der Waals surface area contributed by atoms with Crippen LogP contribution in [0.3, 0.4) is 0 Å². The van der Waals surface area contributed by atoms with Gasteiger partial charge >= 0.3 is 0 Å². The number of benzene rings is 1. The number of ether oxygens (including phenoxy) is 2. The summed E-state index contributed by atoms with van der Waals surface area (Å²) < 4.78 is 10.2. The summed E-state index contributed by atoms with van der Waals surface area (Å²) in [5, 5.41) is 3.11. The molecule has 0 radical (unpaired) electrons. The summed E-state index contributed by atoms with van der Waals surface area (Å²) >= 11 is 0. The summed E-state index contributed by atoms with van der Waals surface area (Å²) in [6.45, 7) is 1.04. The van der Waals surface area contributed by atoms with Gasteiger partial charge in [0.05, 0.1) is 19.4 Å². The summed E-state index contributed by atoms with van der Waals surface area (Å²) in [6.07, 6.45) is 1.71. The first kappa shape index (κ1) is 15.2. The van der Waals surface area contributed by atoms with Gasteiger partial charge in [-0.1, -0.05) is 12.1 Å². The predicted molar refractivity (Wildman–Crippen MR) is 82.4 cm³/mol. The monoisotopic (exact) mass is 288 g/mol. The van der Waals surface area contributed by atoms with Crippen LogP contribution in [0.15, 0.2) is 36.5 Å². The van der Waals surface area contributed by atoms with Crippen LogP contribution >= 0.6 is 0 Å². The molecule has 1 aromatic heterocycles. The van der Waals surface area contributed by atoms with Crippen LogP contribution in [0.2, 0.25) is 0 Å². The molecule has 3 N–H and O–H groups in total. The fourth-order valence-corrected chi connectivity index (χ4v) is 1.88. The Hall–Kier alpha value is -2.18. The normalized spacial score (nSPS) is 12.0. The van der Waals surface area contributed by atoms with Gasteiger partial charge in [-0.05, 0) is 18.2 Å². The van der Waals surface area contributed by atoms with Crippen molar-refractivity contribution in [3.63, 3.8) is 0 Å². The summed E-state index contributed by atoms with van der Waals surface area (Å²) in [5.74, 6) is 1.34. The molecule has 0 aliphatic rings. The third kappa shape index (κ3) is 4.40. The molecule has 0 saturated carbocycles. The number of nitrogens with two attached hydrogens (primary N) is 1. The number of nitrogens with zero attached hydrogens (tertiary/aromatic N) is 2. The molecule has 1 aromatic carbocycles. The summed E-state index contributed by atoms with van der Waals surface area (Å²) in [5.41, 5.74) is 7.66. The zero-order chi connectivity index (χ0) is 15.1. The van der Waals surface area contributed by atoms with Crippen LogP contribution in [0.1, 0.15) is 0 Å². The molecule has 1 heterocycles. The second-order valence-corrected chi connectivity index (χ2v) is 4.59. The van der Waals surface area contributed by atoms with Crippen molar-refractivity contribution in [2.45, 2.75) is 6.04 Å². The predicted octanol–water partition coefficient (Wildman–Crippen LogP) is 1.54.